The van der Waals surface area contributed by atoms with Crippen molar-refractivity contribution < 1.29 is 9.47 Å². The molecular weight excluding hydrogens is 274 g/mol. The summed E-state index contributed by atoms with van der Waals surface area (Å²) in [5.41, 5.74) is 3.40. The molecule has 6 heteroatoms. The third-order valence-corrected chi connectivity index (χ3v) is 4.30. The summed E-state index contributed by atoms with van der Waals surface area (Å²) in [6, 6.07) is 5.75. The number of fused-ring (bicyclic) bond motifs is 1. The molecule has 1 aliphatic heterocycles. The summed E-state index contributed by atoms with van der Waals surface area (Å²) in [5, 5.41) is 7.97. The number of rotatable bonds is 4. The second kappa shape index (κ2) is 5.28. The molecule has 0 saturated carbocycles. The zero-order valence-corrected chi connectivity index (χ0v) is 12.6. The highest BCUT2D eigenvalue weighted by Crippen LogP contribution is 2.36. The van der Waals surface area contributed by atoms with Crippen LogP contribution in [0.1, 0.15) is 11.3 Å². The molecule has 3 rings (SSSR count). The summed E-state index contributed by atoms with van der Waals surface area (Å²) in [7, 11) is 5.26. The summed E-state index contributed by atoms with van der Waals surface area (Å²) < 4.78 is 12.5. The number of methoxy groups -OCH3 is 2. The van der Waals surface area contributed by atoms with Gasteiger partial charge in [0.15, 0.2) is 0 Å². The number of aryl methyl sites for hydroxylation is 1. The highest BCUT2D eigenvalue weighted by atomic mass is 32.2. The second-order valence-corrected chi connectivity index (χ2v) is 5.60. The van der Waals surface area contributed by atoms with Crippen LogP contribution >= 0.6 is 11.8 Å². The molecule has 0 spiro atoms. The maximum Gasteiger partial charge on any atom is 0.132 e. The molecule has 1 aromatic heterocycles. The molecule has 0 aliphatic carbocycles. The van der Waals surface area contributed by atoms with E-state index in [1.165, 1.54) is 11.3 Å². The summed E-state index contributed by atoms with van der Waals surface area (Å²) >= 11 is 1.89. The number of ether oxygens (including phenoxy) is 2. The molecule has 0 unspecified atom stereocenters. The van der Waals surface area contributed by atoms with Gasteiger partial charge in [-0.25, -0.2) is 0 Å². The number of aromatic nitrogens is 2. The lowest BCUT2D eigenvalue weighted by Crippen LogP contribution is -2.02. The van der Waals surface area contributed by atoms with Crippen LogP contribution < -0.4 is 14.8 Å². The maximum atomic E-state index is 5.29. The van der Waals surface area contributed by atoms with E-state index >= 15 is 0 Å². The van der Waals surface area contributed by atoms with Crippen molar-refractivity contribution in [3.05, 3.63) is 29.5 Å². The first kappa shape index (κ1) is 13.2. The first-order valence-corrected chi connectivity index (χ1v) is 7.49. The lowest BCUT2D eigenvalue weighted by Gasteiger charge is -2.12. The van der Waals surface area contributed by atoms with E-state index < -0.39 is 0 Å². The third-order valence-electron chi connectivity index (χ3n) is 3.33. The van der Waals surface area contributed by atoms with Gasteiger partial charge in [-0.1, -0.05) is 0 Å². The van der Waals surface area contributed by atoms with Gasteiger partial charge in [0.05, 0.1) is 19.9 Å². The zero-order valence-electron chi connectivity index (χ0n) is 11.8. The summed E-state index contributed by atoms with van der Waals surface area (Å²) in [5.74, 6) is 4.57. The van der Waals surface area contributed by atoms with E-state index in [1.807, 2.05) is 41.7 Å². The summed E-state index contributed by atoms with van der Waals surface area (Å²) in [6.07, 6.45) is 0. The molecule has 0 amide bonds. The SMILES string of the molecule is COc1cc(Nc2c3c(nn2C)CSC3)cc(OC)c1. The van der Waals surface area contributed by atoms with Crippen molar-refractivity contribution in [2.75, 3.05) is 19.5 Å². The number of anilines is 2. The number of hydrogen-bond donors (Lipinski definition) is 1. The fraction of sp³-hybridized carbons (Fsp3) is 0.357. The maximum absolute atomic E-state index is 5.29. The quantitative estimate of drug-likeness (QED) is 0.938. The van der Waals surface area contributed by atoms with E-state index in [1.54, 1.807) is 14.2 Å². The van der Waals surface area contributed by atoms with Gasteiger partial charge < -0.3 is 14.8 Å². The van der Waals surface area contributed by atoms with Crippen molar-refractivity contribution in [2.24, 2.45) is 7.05 Å². The van der Waals surface area contributed by atoms with Crippen molar-refractivity contribution in [1.29, 1.82) is 0 Å². The normalized spacial score (nSPS) is 13.2. The highest BCUT2D eigenvalue weighted by molar-refractivity contribution is 7.98. The van der Waals surface area contributed by atoms with Crippen LogP contribution in [0.15, 0.2) is 18.2 Å². The molecule has 2 aromatic rings. The van der Waals surface area contributed by atoms with Crippen molar-refractivity contribution >= 4 is 23.3 Å². The van der Waals surface area contributed by atoms with Gasteiger partial charge in [-0.2, -0.15) is 16.9 Å². The Labute approximate surface area is 122 Å². The number of hydrogen-bond acceptors (Lipinski definition) is 5. The van der Waals surface area contributed by atoms with E-state index in [4.69, 9.17) is 9.47 Å². The predicted octanol–water partition coefficient (Wildman–Crippen LogP) is 2.93. The van der Waals surface area contributed by atoms with E-state index in [2.05, 4.69) is 10.4 Å². The monoisotopic (exact) mass is 291 g/mol. The van der Waals surface area contributed by atoms with Crippen LogP contribution in [0, 0.1) is 0 Å². The molecule has 1 aromatic carbocycles. The van der Waals surface area contributed by atoms with Gasteiger partial charge in [0.1, 0.15) is 17.3 Å². The van der Waals surface area contributed by atoms with Crippen LogP contribution in [0.5, 0.6) is 11.5 Å². The molecule has 1 N–H and O–H groups in total. The first-order chi connectivity index (χ1) is 9.71. The van der Waals surface area contributed by atoms with Gasteiger partial charge in [-0.3, -0.25) is 4.68 Å². The minimum Gasteiger partial charge on any atom is -0.497 e. The van der Waals surface area contributed by atoms with Gasteiger partial charge in [0, 0.05) is 48.0 Å². The van der Waals surface area contributed by atoms with Crippen molar-refractivity contribution in [3.63, 3.8) is 0 Å². The number of benzene rings is 1. The van der Waals surface area contributed by atoms with Crippen LogP contribution in [-0.4, -0.2) is 24.0 Å². The van der Waals surface area contributed by atoms with E-state index in [0.717, 1.165) is 34.5 Å². The third kappa shape index (κ3) is 2.31. The Morgan fingerprint density at radius 1 is 1.15 bits per heavy atom. The van der Waals surface area contributed by atoms with Crippen molar-refractivity contribution in [1.82, 2.24) is 9.78 Å². The molecule has 106 valence electrons. The smallest absolute Gasteiger partial charge is 0.132 e. The first-order valence-electron chi connectivity index (χ1n) is 6.34. The Morgan fingerprint density at radius 2 is 1.85 bits per heavy atom. The van der Waals surface area contributed by atoms with Crippen LogP contribution in [0.25, 0.3) is 0 Å². The van der Waals surface area contributed by atoms with Crippen LogP contribution in [-0.2, 0) is 18.6 Å². The molecule has 20 heavy (non-hydrogen) atoms. The van der Waals surface area contributed by atoms with Gasteiger partial charge in [0.2, 0.25) is 0 Å². The van der Waals surface area contributed by atoms with E-state index in [9.17, 15) is 0 Å². The number of nitrogens with zero attached hydrogens (tertiary/aromatic N) is 2. The fourth-order valence-corrected chi connectivity index (χ4v) is 3.35. The molecule has 0 fully saturated rings. The second-order valence-electron chi connectivity index (χ2n) is 4.62. The zero-order chi connectivity index (χ0) is 14.1. The minimum atomic E-state index is 0.764. The average Bonchev–Trinajstić information content (AvgIpc) is 3.01. The Balaban J connectivity index is 1.95. The van der Waals surface area contributed by atoms with E-state index in [-0.39, 0.29) is 0 Å². The average molecular weight is 291 g/mol. The van der Waals surface area contributed by atoms with Crippen LogP contribution in [0.2, 0.25) is 0 Å². The van der Waals surface area contributed by atoms with Crippen LogP contribution in [0.4, 0.5) is 11.5 Å². The molecule has 0 radical (unpaired) electrons. The predicted molar refractivity (Wildman–Crippen MR) is 81.0 cm³/mol. The molecule has 2 heterocycles. The number of thioether (sulfide) groups is 1. The molecule has 0 saturated heterocycles. The molecule has 0 bridgehead atoms. The Hall–Kier alpha value is -1.82. The van der Waals surface area contributed by atoms with Gasteiger partial charge in [-0.05, 0) is 0 Å². The largest absolute Gasteiger partial charge is 0.497 e. The lowest BCUT2D eigenvalue weighted by atomic mass is 10.2. The van der Waals surface area contributed by atoms with Gasteiger partial charge in [0.25, 0.3) is 0 Å². The van der Waals surface area contributed by atoms with Gasteiger partial charge in [-0.15, -0.1) is 0 Å². The molecule has 1 aliphatic rings. The fourth-order valence-electron chi connectivity index (χ4n) is 2.31. The Bertz CT molecular complexity index is 617. The van der Waals surface area contributed by atoms with E-state index in [0.29, 0.717) is 0 Å². The highest BCUT2D eigenvalue weighted by Gasteiger charge is 2.21. The van der Waals surface area contributed by atoms with Crippen molar-refractivity contribution in [3.8, 4) is 11.5 Å². The molecule has 0 atom stereocenters. The summed E-state index contributed by atoms with van der Waals surface area (Å²) in [4.78, 5) is 0. The minimum absolute atomic E-state index is 0.764. The molecular formula is C14H17N3O2S. The number of nitrogens with one attached hydrogen (secondary N) is 1. The Kier molecular flexibility index (Phi) is 3.48. The standard InChI is InChI=1S/C14H17N3O2S/c1-17-14(12-7-20-8-13(12)16-17)15-9-4-10(18-2)6-11(5-9)19-3/h4-6,15H,7-8H2,1-3H3. The molecule has 5 nitrogen and oxygen atoms in total. The lowest BCUT2D eigenvalue weighted by molar-refractivity contribution is 0.395. The van der Waals surface area contributed by atoms with Crippen molar-refractivity contribution in [2.45, 2.75) is 11.5 Å². The topological polar surface area (TPSA) is 48.3 Å². The van der Waals surface area contributed by atoms with Crippen LogP contribution in [0.3, 0.4) is 0 Å². The van der Waals surface area contributed by atoms with Gasteiger partial charge >= 0.3 is 0 Å². The Morgan fingerprint density at radius 3 is 2.50 bits per heavy atom. The summed E-state index contributed by atoms with van der Waals surface area (Å²) in [6.45, 7) is 0.